The van der Waals surface area contributed by atoms with Gasteiger partial charge in [-0.15, -0.1) is 0 Å². The fraction of sp³-hybridized carbons (Fsp3) is 0.700. The summed E-state index contributed by atoms with van der Waals surface area (Å²) in [7, 11) is 0. The first kappa shape index (κ1) is 17.6. The Morgan fingerprint density at radius 2 is 1.92 bits per heavy atom. The van der Waals surface area contributed by atoms with Crippen LogP contribution >= 0.6 is 0 Å². The Morgan fingerprint density at radius 1 is 1.12 bits per heavy atom. The van der Waals surface area contributed by atoms with Crippen LogP contribution in [0, 0.1) is 11.8 Å². The minimum absolute atomic E-state index is 0.0224. The van der Waals surface area contributed by atoms with E-state index in [9.17, 15) is 4.79 Å². The third kappa shape index (κ3) is 4.29. The third-order valence-electron chi connectivity index (χ3n) is 6.02. The lowest BCUT2D eigenvalue weighted by Gasteiger charge is -2.27. The van der Waals surface area contributed by atoms with Gasteiger partial charge in [-0.3, -0.25) is 0 Å². The largest absolute Gasteiger partial charge is 0.474 e. The van der Waals surface area contributed by atoms with Gasteiger partial charge in [0.15, 0.2) is 0 Å². The number of hydrogen-bond acceptors (Lipinski definition) is 4. The van der Waals surface area contributed by atoms with Crippen LogP contribution in [0.25, 0.3) is 0 Å². The van der Waals surface area contributed by atoms with E-state index >= 15 is 0 Å². The standard InChI is InChI=1S/C20H29N3O3/c24-20(23-10-7-16(14-23)15-8-11-25-12-9-15)22-17-5-6-19(21-13-17)26-18-3-1-2-4-18/h5-6,13,15-16,18H,1-4,7-12,14H2,(H,22,24). The molecule has 1 aromatic rings. The highest BCUT2D eigenvalue weighted by Gasteiger charge is 2.32. The molecule has 3 heterocycles. The molecule has 2 amide bonds. The third-order valence-corrected chi connectivity index (χ3v) is 6.02. The molecule has 2 aliphatic heterocycles. The van der Waals surface area contributed by atoms with E-state index < -0.39 is 0 Å². The minimum Gasteiger partial charge on any atom is -0.474 e. The molecule has 6 nitrogen and oxygen atoms in total. The van der Waals surface area contributed by atoms with E-state index in [1.165, 1.54) is 12.8 Å². The summed E-state index contributed by atoms with van der Waals surface area (Å²) in [6, 6.07) is 3.70. The van der Waals surface area contributed by atoms with Gasteiger partial charge in [0.2, 0.25) is 5.88 Å². The number of carbonyl (C=O) groups is 1. The van der Waals surface area contributed by atoms with Crippen molar-refractivity contribution in [1.29, 1.82) is 0 Å². The van der Waals surface area contributed by atoms with Gasteiger partial charge in [-0.1, -0.05) is 0 Å². The summed E-state index contributed by atoms with van der Waals surface area (Å²) in [5, 5.41) is 2.97. The number of carbonyl (C=O) groups excluding carboxylic acids is 1. The van der Waals surface area contributed by atoms with Crippen LogP contribution in [0.1, 0.15) is 44.9 Å². The fourth-order valence-corrected chi connectivity index (χ4v) is 4.45. The molecule has 1 aliphatic carbocycles. The van der Waals surface area contributed by atoms with Gasteiger partial charge in [-0.05, 0) is 62.8 Å². The van der Waals surface area contributed by atoms with E-state index in [2.05, 4.69) is 10.3 Å². The van der Waals surface area contributed by atoms with Crippen LogP contribution in [0.5, 0.6) is 5.88 Å². The smallest absolute Gasteiger partial charge is 0.321 e. The van der Waals surface area contributed by atoms with Crippen LogP contribution in [-0.2, 0) is 4.74 Å². The van der Waals surface area contributed by atoms with Gasteiger partial charge in [0, 0.05) is 32.4 Å². The summed E-state index contributed by atoms with van der Waals surface area (Å²) < 4.78 is 11.3. The molecule has 3 fully saturated rings. The van der Waals surface area contributed by atoms with Crippen LogP contribution in [0.4, 0.5) is 10.5 Å². The Labute approximate surface area is 155 Å². The van der Waals surface area contributed by atoms with E-state index in [0.29, 0.717) is 23.8 Å². The highest BCUT2D eigenvalue weighted by molar-refractivity contribution is 5.89. The van der Waals surface area contributed by atoms with E-state index in [1.807, 2.05) is 17.0 Å². The molecule has 1 aromatic heterocycles. The van der Waals surface area contributed by atoms with Gasteiger partial charge in [-0.25, -0.2) is 9.78 Å². The van der Waals surface area contributed by atoms with Crippen molar-refractivity contribution in [3.63, 3.8) is 0 Å². The maximum absolute atomic E-state index is 12.5. The molecule has 1 N–H and O–H groups in total. The summed E-state index contributed by atoms with van der Waals surface area (Å²) in [4.78, 5) is 18.8. The van der Waals surface area contributed by atoms with Crippen LogP contribution in [0.2, 0.25) is 0 Å². The van der Waals surface area contributed by atoms with E-state index in [-0.39, 0.29) is 6.03 Å². The van der Waals surface area contributed by atoms with Crippen molar-refractivity contribution in [1.82, 2.24) is 9.88 Å². The molecule has 1 atom stereocenters. The van der Waals surface area contributed by atoms with E-state index in [0.717, 1.165) is 64.1 Å². The van der Waals surface area contributed by atoms with Crippen LogP contribution in [0.3, 0.4) is 0 Å². The highest BCUT2D eigenvalue weighted by atomic mass is 16.5. The van der Waals surface area contributed by atoms with Crippen molar-refractivity contribution in [2.45, 2.75) is 51.0 Å². The van der Waals surface area contributed by atoms with Crippen LogP contribution < -0.4 is 10.1 Å². The number of likely N-dealkylation sites (tertiary alicyclic amines) is 1. The Morgan fingerprint density at radius 3 is 2.65 bits per heavy atom. The number of nitrogens with zero attached hydrogens (tertiary/aromatic N) is 2. The fourth-order valence-electron chi connectivity index (χ4n) is 4.45. The highest BCUT2D eigenvalue weighted by Crippen LogP contribution is 2.31. The molecule has 3 aliphatic rings. The van der Waals surface area contributed by atoms with Crippen molar-refractivity contribution in [3.8, 4) is 5.88 Å². The number of aromatic nitrogens is 1. The summed E-state index contributed by atoms with van der Waals surface area (Å²) in [5.74, 6) is 1.97. The van der Waals surface area contributed by atoms with Gasteiger partial charge in [0.25, 0.3) is 0 Å². The molecule has 6 heteroatoms. The molecule has 1 unspecified atom stereocenters. The van der Waals surface area contributed by atoms with Crippen molar-refractivity contribution in [2.24, 2.45) is 11.8 Å². The van der Waals surface area contributed by atoms with Gasteiger partial charge in [-0.2, -0.15) is 0 Å². The zero-order chi connectivity index (χ0) is 17.8. The topological polar surface area (TPSA) is 63.7 Å². The number of pyridine rings is 1. The Bertz CT molecular complexity index is 595. The number of ether oxygens (including phenoxy) is 2. The molecular formula is C20H29N3O3. The summed E-state index contributed by atoms with van der Waals surface area (Å²) in [6.45, 7) is 3.43. The van der Waals surface area contributed by atoms with Crippen LogP contribution in [0.15, 0.2) is 18.3 Å². The molecule has 1 saturated carbocycles. The first-order chi connectivity index (χ1) is 12.8. The maximum atomic E-state index is 12.5. The second kappa shape index (κ2) is 8.25. The maximum Gasteiger partial charge on any atom is 0.321 e. The average Bonchev–Trinajstić information content (AvgIpc) is 3.36. The summed E-state index contributed by atoms with van der Waals surface area (Å²) in [5.41, 5.74) is 0.725. The lowest BCUT2D eigenvalue weighted by atomic mass is 9.85. The predicted octanol–water partition coefficient (Wildman–Crippen LogP) is 3.68. The average molecular weight is 359 g/mol. The first-order valence-corrected chi connectivity index (χ1v) is 10.0. The molecular weight excluding hydrogens is 330 g/mol. The molecule has 4 rings (SSSR count). The number of rotatable bonds is 4. The van der Waals surface area contributed by atoms with Crippen LogP contribution in [-0.4, -0.2) is 48.3 Å². The van der Waals surface area contributed by atoms with Crippen molar-refractivity contribution in [3.05, 3.63) is 18.3 Å². The SMILES string of the molecule is O=C(Nc1ccc(OC2CCCC2)nc1)N1CCC(C2CCOCC2)C1. The number of hydrogen-bond donors (Lipinski definition) is 1. The second-order valence-electron chi connectivity index (χ2n) is 7.78. The van der Waals surface area contributed by atoms with Gasteiger partial charge in [0.05, 0.1) is 11.9 Å². The Kier molecular flexibility index (Phi) is 5.58. The predicted molar refractivity (Wildman–Crippen MR) is 99.4 cm³/mol. The lowest BCUT2D eigenvalue weighted by Crippen LogP contribution is -2.34. The summed E-state index contributed by atoms with van der Waals surface area (Å²) >= 11 is 0. The first-order valence-electron chi connectivity index (χ1n) is 10.0. The summed E-state index contributed by atoms with van der Waals surface area (Å²) in [6.07, 6.45) is 10.1. The molecule has 2 saturated heterocycles. The zero-order valence-corrected chi connectivity index (χ0v) is 15.4. The van der Waals surface area contributed by atoms with Crippen molar-refractivity contribution in [2.75, 3.05) is 31.6 Å². The molecule has 142 valence electrons. The monoisotopic (exact) mass is 359 g/mol. The lowest BCUT2D eigenvalue weighted by molar-refractivity contribution is 0.0485. The Hall–Kier alpha value is -1.82. The Balaban J connectivity index is 1.26. The second-order valence-corrected chi connectivity index (χ2v) is 7.78. The molecule has 0 spiro atoms. The number of amides is 2. The van der Waals surface area contributed by atoms with Gasteiger partial charge >= 0.3 is 6.03 Å². The normalized spacial score (nSPS) is 24.8. The molecule has 0 aromatic carbocycles. The van der Waals surface area contributed by atoms with Gasteiger partial charge in [0.1, 0.15) is 6.10 Å². The van der Waals surface area contributed by atoms with E-state index in [4.69, 9.17) is 9.47 Å². The molecule has 0 radical (unpaired) electrons. The number of anilines is 1. The minimum atomic E-state index is -0.0224. The van der Waals surface area contributed by atoms with Crippen molar-refractivity contribution < 1.29 is 14.3 Å². The quantitative estimate of drug-likeness (QED) is 0.891. The number of nitrogens with one attached hydrogen (secondary N) is 1. The van der Waals surface area contributed by atoms with Gasteiger partial charge < -0.3 is 19.7 Å². The van der Waals surface area contributed by atoms with E-state index in [1.54, 1.807) is 6.20 Å². The zero-order valence-electron chi connectivity index (χ0n) is 15.4. The molecule has 26 heavy (non-hydrogen) atoms. The molecule has 0 bridgehead atoms. The number of urea groups is 1. The van der Waals surface area contributed by atoms with Crippen molar-refractivity contribution >= 4 is 11.7 Å².